The van der Waals surface area contributed by atoms with Crippen LogP contribution in [0.4, 0.5) is 5.69 Å². The number of aromatic carboxylic acids is 1. The van der Waals surface area contributed by atoms with Crippen LogP contribution < -0.4 is 4.72 Å². The molecule has 0 radical (unpaired) electrons. The molecule has 11 heteroatoms. The molecular formula is C9H9Cl2NO6S2. The van der Waals surface area contributed by atoms with Gasteiger partial charge in [0.1, 0.15) is 0 Å². The molecule has 0 unspecified atom stereocenters. The third-order valence-electron chi connectivity index (χ3n) is 1.92. The van der Waals surface area contributed by atoms with Crippen molar-refractivity contribution in [2.24, 2.45) is 0 Å². The Bertz CT molecular complexity index is 734. The standard InChI is InChI=1S/C9H9Cl2NO6S2/c1-19(15,16)4-20(17,18)12-8-6(10)2-5(9(13)14)3-7(8)11/h2-3,12H,4H2,1H3,(H,13,14). The van der Waals surface area contributed by atoms with Crippen molar-refractivity contribution < 1.29 is 26.7 Å². The van der Waals surface area contributed by atoms with E-state index in [1.165, 1.54) is 0 Å². The summed E-state index contributed by atoms with van der Waals surface area (Å²) in [6, 6.07) is 1.99. The predicted octanol–water partition coefficient (Wildman–Crippen LogP) is 1.44. The Labute approximate surface area is 125 Å². The van der Waals surface area contributed by atoms with Gasteiger partial charge >= 0.3 is 5.97 Å². The van der Waals surface area contributed by atoms with Crippen LogP contribution in [0, 0.1) is 0 Å². The number of anilines is 1. The van der Waals surface area contributed by atoms with Crippen molar-refractivity contribution >= 4 is 54.7 Å². The van der Waals surface area contributed by atoms with Crippen LogP contribution in [0.2, 0.25) is 10.0 Å². The molecule has 112 valence electrons. The molecule has 0 saturated carbocycles. The fourth-order valence-corrected chi connectivity index (χ4v) is 4.98. The van der Waals surface area contributed by atoms with E-state index >= 15 is 0 Å². The summed E-state index contributed by atoms with van der Waals surface area (Å²) < 4.78 is 47.1. The minimum atomic E-state index is -4.22. The number of sulfone groups is 1. The van der Waals surface area contributed by atoms with Gasteiger partial charge in [0.05, 0.1) is 21.3 Å². The highest BCUT2D eigenvalue weighted by molar-refractivity contribution is 8.08. The van der Waals surface area contributed by atoms with Gasteiger partial charge in [-0.05, 0) is 12.1 Å². The summed E-state index contributed by atoms with van der Waals surface area (Å²) in [5.74, 6) is -1.29. The van der Waals surface area contributed by atoms with E-state index in [1.807, 2.05) is 4.72 Å². The van der Waals surface area contributed by atoms with Gasteiger partial charge in [0, 0.05) is 6.26 Å². The van der Waals surface area contributed by atoms with Crippen LogP contribution in [0.5, 0.6) is 0 Å². The lowest BCUT2D eigenvalue weighted by atomic mass is 10.2. The van der Waals surface area contributed by atoms with Crippen molar-refractivity contribution in [2.75, 3.05) is 16.1 Å². The first-order valence-electron chi connectivity index (χ1n) is 4.82. The van der Waals surface area contributed by atoms with Crippen molar-refractivity contribution in [1.82, 2.24) is 0 Å². The second kappa shape index (κ2) is 5.76. The van der Waals surface area contributed by atoms with Gasteiger partial charge in [0.2, 0.25) is 10.0 Å². The highest BCUT2D eigenvalue weighted by atomic mass is 35.5. The fraction of sp³-hybridized carbons (Fsp3) is 0.222. The SMILES string of the molecule is CS(=O)(=O)CS(=O)(=O)Nc1c(Cl)cc(C(=O)O)cc1Cl. The van der Waals surface area contributed by atoms with E-state index in [0.29, 0.717) is 0 Å². The lowest BCUT2D eigenvalue weighted by molar-refractivity contribution is 0.0697. The Morgan fingerprint density at radius 3 is 2.00 bits per heavy atom. The minimum absolute atomic E-state index is 0.230. The quantitative estimate of drug-likeness (QED) is 0.818. The Kier molecular flexibility index (Phi) is 4.90. The number of hydrogen-bond donors (Lipinski definition) is 2. The zero-order valence-electron chi connectivity index (χ0n) is 9.92. The van der Waals surface area contributed by atoms with Crippen LogP contribution >= 0.6 is 23.2 Å². The first kappa shape index (κ1) is 17.0. The Morgan fingerprint density at radius 1 is 1.20 bits per heavy atom. The summed E-state index contributed by atoms with van der Waals surface area (Å²) in [5, 5.41) is 7.11. The van der Waals surface area contributed by atoms with Gasteiger partial charge in [-0.2, -0.15) is 0 Å². The lowest BCUT2D eigenvalue weighted by Gasteiger charge is -2.11. The van der Waals surface area contributed by atoms with Gasteiger partial charge < -0.3 is 5.11 Å². The van der Waals surface area contributed by atoms with Crippen molar-refractivity contribution in [3.8, 4) is 0 Å². The number of hydrogen-bond acceptors (Lipinski definition) is 5. The Hall–Kier alpha value is -1.03. The second-order valence-electron chi connectivity index (χ2n) is 3.88. The number of nitrogens with one attached hydrogen (secondary N) is 1. The molecule has 0 amide bonds. The van der Waals surface area contributed by atoms with Crippen molar-refractivity contribution in [3.63, 3.8) is 0 Å². The maximum atomic E-state index is 11.6. The first-order valence-corrected chi connectivity index (χ1v) is 9.29. The molecule has 1 aromatic carbocycles. The smallest absolute Gasteiger partial charge is 0.335 e. The maximum absolute atomic E-state index is 11.6. The first-order chi connectivity index (χ1) is 8.91. The molecule has 0 fully saturated rings. The summed E-state index contributed by atoms with van der Waals surface area (Å²) in [4.78, 5) is 10.8. The summed E-state index contributed by atoms with van der Waals surface area (Å²) in [5.41, 5.74) is -0.506. The zero-order valence-corrected chi connectivity index (χ0v) is 13.1. The molecule has 2 N–H and O–H groups in total. The lowest BCUT2D eigenvalue weighted by Crippen LogP contribution is -2.22. The van der Waals surface area contributed by atoms with E-state index in [4.69, 9.17) is 28.3 Å². The predicted molar refractivity (Wildman–Crippen MR) is 75.7 cm³/mol. The third-order valence-corrected chi connectivity index (χ3v) is 5.98. The number of carboxylic acids is 1. The summed E-state index contributed by atoms with van der Waals surface area (Å²) in [7, 11) is -8.00. The van der Waals surface area contributed by atoms with Crippen LogP contribution in [-0.2, 0) is 19.9 Å². The number of sulfonamides is 1. The molecule has 0 aliphatic carbocycles. The average molecular weight is 362 g/mol. The summed E-state index contributed by atoms with van der Waals surface area (Å²) in [6.07, 6.45) is 0.753. The number of rotatable bonds is 5. The van der Waals surface area contributed by atoms with Gasteiger partial charge in [-0.1, -0.05) is 23.2 Å². The van der Waals surface area contributed by atoms with Gasteiger partial charge in [0.15, 0.2) is 14.9 Å². The number of benzene rings is 1. The molecular weight excluding hydrogens is 353 g/mol. The molecule has 0 aliphatic heterocycles. The molecule has 0 saturated heterocycles. The normalized spacial score (nSPS) is 12.2. The fourth-order valence-electron chi connectivity index (χ4n) is 1.26. The molecule has 0 aromatic heterocycles. The van der Waals surface area contributed by atoms with Gasteiger partial charge in [-0.15, -0.1) is 0 Å². The van der Waals surface area contributed by atoms with E-state index in [9.17, 15) is 21.6 Å². The van der Waals surface area contributed by atoms with Crippen molar-refractivity contribution in [1.29, 1.82) is 0 Å². The molecule has 20 heavy (non-hydrogen) atoms. The topological polar surface area (TPSA) is 118 Å². The molecule has 1 rings (SSSR count). The molecule has 0 heterocycles. The van der Waals surface area contributed by atoms with Crippen LogP contribution in [-0.4, -0.2) is 39.3 Å². The molecule has 0 atom stereocenters. The highest BCUT2D eigenvalue weighted by Gasteiger charge is 2.21. The van der Waals surface area contributed by atoms with E-state index in [1.54, 1.807) is 0 Å². The Balaban J connectivity index is 3.20. The van der Waals surface area contributed by atoms with Crippen LogP contribution in [0.15, 0.2) is 12.1 Å². The third kappa shape index (κ3) is 4.82. The van der Waals surface area contributed by atoms with E-state index in [-0.39, 0.29) is 21.3 Å². The summed E-state index contributed by atoms with van der Waals surface area (Å²) in [6.45, 7) is 0. The monoisotopic (exact) mass is 361 g/mol. The van der Waals surface area contributed by atoms with Gasteiger partial charge in [-0.25, -0.2) is 21.6 Å². The van der Waals surface area contributed by atoms with E-state index in [2.05, 4.69) is 0 Å². The molecule has 1 aromatic rings. The van der Waals surface area contributed by atoms with E-state index in [0.717, 1.165) is 18.4 Å². The van der Waals surface area contributed by atoms with Crippen molar-refractivity contribution in [3.05, 3.63) is 27.7 Å². The van der Waals surface area contributed by atoms with E-state index < -0.39 is 30.9 Å². The number of halogens is 2. The van der Waals surface area contributed by atoms with Crippen LogP contribution in [0.3, 0.4) is 0 Å². The number of carbonyl (C=O) groups is 1. The van der Waals surface area contributed by atoms with Crippen LogP contribution in [0.25, 0.3) is 0 Å². The Morgan fingerprint density at radius 2 is 1.65 bits per heavy atom. The largest absolute Gasteiger partial charge is 0.478 e. The minimum Gasteiger partial charge on any atom is -0.478 e. The van der Waals surface area contributed by atoms with Gasteiger partial charge in [-0.3, -0.25) is 4.72 Å². The van der Waals surface area contributed by atoms with Gasteiger partial charge in [0.25, 0.3) is 0 Å². The maximum Gasteiger partial charge on any atom is 0.335 e. The molecule has 7 nitrogen and oxygen atoms in total. The summed E-state index contributed by atoms with van der Waals surface area (Å²) >= 11 is 11.5. The second-order valence-corrected chi connectivity index (χ2v) is 8.92. The van der Waals surface area contributed by atoms with Crippen LogP contribution in [0.1, 0.15) is 10.4 Å². The molecule has 0 aliphatic rings. The molecule has 0 bridgehead atoms. The van der Waals surface area contributed by atoms with Crippen molar-refractivity contribution in [2.45, 2.75) is 0 Å². The zero-order chi connectivity index (χ0) is 15.7. The molecule has 0 spiro atoms. The highest BCUT2D eigenvalue weighted by Crippen LogP contribution is 2.32. The number of carboxylic acid groups (broad SMARTS) is 1. The average Bonchev–Trinajstić information content (AvgIpc) is 2.19.